The summed E-state index contributed by atoms with van der Waals surface area (Å²) in [5.41, 5.74) is 0.927. The van der Waals surface area contributed by atoms with Crippen LogP contribution < -0.4 is 10.6 Å². The summed E-state index contributed by atoms with van der Waals surface area (Å²) in [6, 6.07) is 8.76. The standard InChI is InChI=1S/C15H21N3O2/c1-16-15(20)17-14(19)13(12-8-4-2-5-9-12)18-10-6-3-7-11-18/h2,4-5,8-9,13H,3,6-7,10-11H2,1H3,(H2,16,17,19,20)/t13-/m0/s1. The Morgan fingerprint density at radius 1 is 1.10 bits per heavy atom. The van der Waals surface area contributed by atoms with Gasteiger partial charge in [-0.1, -0.05) is 36.8 Å². The molecule has 5 nitrogen and oxygen atoms in total. The average Bonchev–Trinajstić information content (AvgIpc) is 2.49. The molecule has 0 unspecified atom stereocenters. The molecule has 1 aliphatic rings. The first-order chi connectivity index (χ1) is 9.72. The van der Waals surface area contributed by atoms with Gasteiger partial charge in [-0.3, -0.25) is 15.0 Å². The quantitative estimate of drug-likeness (QED) is 0.882. The van der Waals surface area contributed by atoms with Gasteiger partial charge < -0.3 is 5.32 Å². The first-order valence-corrected chi connectivity index (χ1v) is 7.04. The normalized spacial score (nSPS) is 17.2. The van der Waals surface area contributed by atoms with E-state index in [0.717, 1.165) is 31.5 Å². The van der Waals surface area contributed by atoms with Crippen LogP contribution in [0.25, 0.3) is 0 Å². The van der Waals surface area contributed by atoms with Gasteiger partial charge in [0.25, 0.3) is 0 Å². The summed E-state index contributed by atoms with van der Waals surface area (Å²) in [4.78, 5) is 25.9. The predicted molar refractivity (Wildman–Crippen MR) is 77.2 cm³/mol. The van der Waals surface area contributed by atoms with Crippen LogP contribution in [-0.2, 0) is 4.79 Å². The van der Waals surface area contributed by atoms with Crippen LogP contribution in [0.1, 0.15) is 30.9 Å². The first-order valence-electron chi connectivity index (χ1n) is 7.04. The lowest BCUT2D eigenvalue weighted by Gasteiger charge is -2.33. The van der Waals surface area contributed by atoms with E-state index < -0.39 is 12.1 Å². The highest BCUT2D eigenvalue weighted by atomic mass is 16.2. The minimum Gasteiger partial charge on any atom is -0.341 e. The predicted octanol–water partition coefficient (Wildman–Crippen LogP) is 1.67. The fourth-order valence-corrected chi connectivity index (χ4v) is 2.58. The lowest BCUT2D eigenvalue weighted by molar-refractivity contribution is -0.126. The summed E-state index contributed by atoms with van der Waals surface area (Å²) >= 11 is 0. The molecule has 1 aliphatic heterocycles. The van der Waals surface area contributed by atoms with Crippen molar-refractivity contribution in [2.24, 2.45) is 0 Å². The third-order valence-electron chi connectivity index (χ3n) is 3.58. The molecule has 2 rings (SSSR count). The SMILES string of the molecule is CNC(=O)NC(=O)[C@H](c1ccccc1)N1CCCCC1. The zero-order valence-electron chi connectivity index (χ0n) is 11.8. The van der Waals surface area contributed by atoms with Gasteiger partial charge in [-0.25, -0.2) is 4.79 Å². The number of amides is 3. The highest BCUT2D eigenvalue weighted by molar-refractivity contribution is 5.97. The molecule has 3 amide bonds. The second-order valence-corrected chi connectivity index (χ2v) is 4.98. The number of carbonyl (C=O) groups excluding carboxylic acids is 2. The number of hydrogen-bond acceptors (Lipinski definition) is 3. The third kappa shape index (κ3) is 3.57. The summed E-state index contributed by atoms with van der Waals surface area (Å²) in [6.45, 7) is 1.78. The number of imide groups is 1. The van der Waals surface area contributed by atoms with Gasteiger partial charge in [-0.05, 0) is 31.5 Å². The molecule has 0 aliphatic carbocycles. The number of piperidine rings is 1. The summed E-state index contributed by atoms with van der Waals surface area (Å²) in [7, 11) is 1.50. The Morgan fingerprint density at radius 2 is 1.75 bits per heavy atom. The maximum absolute atomic E-state index is 12.4. The van der Waals surface area contributed by atoms with Crippen LogP contribution in [0.15, 0.2) is 30.3 Å². The Balaban J connectivity index is 2.19. The van der Waals surface area contributed by atoms with Crippen molar-refractivity contribution >= 4 is 11.9 Å². The molecule has 0 saturated carbocycles. The fourth-order valence-electron chi connectivity index (χ4n) is 2.58. The molecule has 1 aromatic carbocycles. The zero-order chi connectivity index (χ0) is 14.4. The largest absolute Gasteiger partial charge is 0.341 e. The lowest BCUT2D eigenvalue weighted by atomic mass is 10.0. The van der Waals surface area contributed by atoms with E-state index in [2.05, 4.69) is 15.5 Å². The van der Waals surface area contributed by atoms with E-state index >= 15 is 0 Å². The first kappa shape index (κ1) is 14.5. The molecule has 1 fully saturated rings. The van der Waals surface area contributed by atoms with E-state index in [1.165, 1.54) is 13.5 Å². The number of likely N-dealkylation sites (tertiary alicyclic amines) is 1. The van der Waals surface area contributed by atoms with Crippen LogP contribution in [0.4, 0.5) is 4.79 Å². The molecule has 1 atom stereocenters. The molecular weight excluding hydrogens is 254 g/mol. The minimum atomic E-state index is -0.465. The van der Waals surface area contributed by atoms with Crippen LogP contribution >= 0.6 is 0 Å². The van der Waals surface area contributed by atoms with Crippen molar-refractivity contribution < 1.29 is 9.59 Å². The number of carbonyl (C=O) groups is 2. The maximum Gasteiger partial charge on any atom is 0.321 e. The van der Waals surface area contributed by atoms with E-state index in [1.54, 1.807) is 0 Å². The topological polar surface area (TPSA) is 61.4 Å². The molecule has 2 N–H and O–H groups in total. The van der Waals surface area contributed by atoms with Crippen molar-refractivity contribution in [3.63, 3.8) is 0 Å². The van der Waals surface area contributed by atoms with Crippen LogP contribution in [0, 0.1) is 0 Å². The van der Waals surface area contributed by atoms with Crippen LogP contribution in [0.3, 0.4) is 0 Å². The molecule has 0 spiro atoms. The van der Waals surface area contributed by atoms with Gasteiger partial charge in [-0.2, -0.15) is 0 Å². The Morgan fingerprint density at radius 3 is 2.35 bits per heavy atom. The third-order valence-corrected chi connectivity index (χ3v) is 3.58. The van der Waals surface area contributed by atoms with Gasteiger partial charge in [-0.15, -0.1) is 0 Å². The summed E-state index contributed by atoms with van der Waals surface area (Å²) < 4.78 is 0. The Hall–Kier alpha value is -1.88. The second-order valence-electron chi connectivity index (χ2n) is 4.98. The van der Waals surface area contributed by atoms with Gasteiger partial charge in [0, 0.05) is 7.05 Å². The molecule has 0 radical (unpaired) electrons. The number of nitrogens with one attached hydrogen (secondary N) is 2. The number of rotatable bonds is 3. The summed E-state index contributed by atoms with van der Waals surface area (Å²) in [5, 5.41) is 4.81. The van der Waals surface area contributed by atoms with Gasteiger partial charge in [0.05, 0.1) is 0 Å². The fraction of sp³-hybridized carbons (Fsp3) is 0.467. The minimum absolute atomic E-state index is 0.266. The summed E-state index contributed by atoms with van der Waals surface area (Å²) in [6.07, 6.45) is 3.39. The number of hydrogen-bond donors (Lipinski definition) is 2. The number of urea groups is 1. The van der Waals surface area contributed by atoms with Crippen molar-refractivity contribution in [2.75, 3.05) is 20.1 Å². The zero-order valence-corrected chi connectivity index (χ0v) is 11.8. The van der Waals surface area contributed by atoms with Crippen molar-refractivity contribution in [3.05, 3.63) is 35.9 Å². The highest BCUT2D eigenvalue weighted by Gasteiger charge is 2.29. The Kier molecular flexibility index (Phi) is 5.12. The molecule has 1 heterocycles. The van der Waals surface area contributed by atoms with E-state index in [0.29, 0.717) is 0 Å². The van der Waals surface area contributed by atoms with Crippen molar-refractivity contribution in [1.82, 2.24) is 15.5 Å². The van der Waals surface area contributed by atoms with Crippen LogP contribution in [0.2, 0.25) is 0 Å². The second kappa shape index (κ2) is 7.05. The van der Waals surface area contributed by atoms with E-state index in [1.807, 2.05) is 30.3 Å². The lowest BCUT2D eigenvalue weighted by Crippen LogP contribution is -2.46. The van der Waals surface area contributed by atoms with E-state index in [-0.39, 0.29) is 5.91 Å². The molecule has 1 aromatic rings. The molecule has 0 bridgehead atoms. The van der Waals surface area contributed by atoms with Crippen LogP contribution in [0.5, 0.6) is 0 Å². The molecule has 108 valence electrons. The molecule has 1 saturated heterocycles. The van der Waals surface area contributed by atoms with Crippen molar-refractivity contribution in [3.8, 4) is 0 Å². The Bertz CT molecular complexity index is 455. The maximum atomic E-state index is 12.4. The molecule has 20 heavy (non-hydrogen) atoms. The van der Waals surface area contributed by atoms with E-state index in [9.17, 15) is 9.59 Å². The van der Waals surface area contributed by atoms with Crippen molar-refractivity contribution in [2.45, 2.75) is 25.3 Å². The van der Waals surface area contributed by atoms with Gasteiger partial charge >= 0.3 is 6.03 Å². The van der Waals surface area contributed by atoms with E-state index in [4.69, 9.17) is 0 Å². The number of benzene rings is 1. The highest BCUT2D eigenvalue weighted by Crippen LogP contribution is 2.24. The van der Waals surface area contributed by atoms with Crippen molar-refractivity contribution in [1.29, 1.82) is 0 Å². The number of nitrogens with zero attached hydrogens (tertiary/aromatic N) is 1. The van der Waals surface area contributed by atoms with Gasteiger partial charge in [0.1, 0.15) is 6.04 Å². The summed E-state index contributed by atoms with van der Waals surface area (Å²) in [5.74, 6) is -0.266. The average molecular weight is 275 g/mol. The smallest absolute Gasteiger partial charge is 0.321 e. The molecular formula is C15H21N3O2. The van der Waals surface area contributed by atoms with Gasteiger partial charge in [0.15, 0.2) is 0 Å². The molecule has 5 heteroatoms. The molecule has 0 aromatic heterocycles. The van der Waals surface area contributed by atoms with Gasteiger partial charge in [0.2, 0.25) is 5.91 Å². The Labute approximate surface area is 119 Å². The monoisotopic (exact) mass is 275 g/mol. The van der Waals surface area contributed by atoms with Crippen LogP contribution in [-0.4, -0.2) is 37.0 Å².